The van der Waals surface area contributed by atoms with Crippen molar-refractivity contribution < 1.29 is 5.48 Å². The van der Waals surface area contributed by atoms with Crippen molar-refractivity contribution in [2.45, 2.75) is 26.2 Å². The lowest BCUT2D eigenvalue weighted by Gasteiger charge is -2.08. The first-order valence-electron chi connectivity index (χ1n) is 6.05. The minimum absolute atomic E-state index is 0. The van der Waals surface area contributed by atoms with Crippen LogP contribution in [0.4, 0.5) is 0 Å². The van der Waals surface area contributed by atoms with E-state index in [4.69, 9.17) is 0 Å². The third kappa shape index (κ3) is 4.13. The first-order chi connectivity index (χ1) is 7.92. The van der Waals surface area contributed by atoms with Crippen molar-refractivity contribution in [3.63, 3.8) is 0 Å². The predicted molar refractivity (Wildman–Crippen MR) is 85.4 cm³/mol. The fraction of sp³-hybridized carbons (Fsp3) is 0.250. The number of aryl methyl sites for hydroxylation is 1. The molecule has 0 atom stereocenters. The Morgan fingerprint density at radius 1 is 0.833 bits per heavy atom. The van der Waals surface area contributed by atoms with E-state index in [-0.39, 0.29) is 16.4 Å². The molecule has 0 heterocycles. The van der Waals surface area contributed by atoms with Crippen LogP contribution < -0.4 is 0 Å². The van der Waals surface area contributed by atoms with Gasteiger partial charge in [-0.25, -0.2) is 0 Å². The van der Waals surface area contributed by atoms with E-state index in [9.17, 15) is 0 Å². The van der Waals surface area contributed by atoms with Crippen molar-refractivity contribution in [2.24, 2.45) is 0 Å². The summed E-state index contributed by atoms with van der Waals surface area (Å²) >= 11 is 0. The Kier molecular flexibility index (Phi) is 8.00. The third-order valence-corrected chi connectivity index (χ3v) is 2.90. The minimum Gasteiger partial charge on any atom is -0.412 e. The first kappa shape index (κ1) is 16.6. The normalized spacial score (nSPS) is 9.17. The summed E-state index contributed by atoms with van der Waals surface area (Å²) in [6.45, 7) is 2.24. The number of hydrogen-bond acceptors (Lipinski definition) is 0. The van der Waals surface area contributed by atoms with E-state index in [1.165, 1.54) is 36.0 Å². The van der Waals surface area contributed by atoms with Crippen LogP contribution in [0.15, 0.2) is 54.6 Å². The largest absolute Gasteiger partial charge is 0.412 e. The van der Waals surface area contributed by atoms with Crippen molar-refractivity contribution >= 4 is 11.0 Å². The Labute approximate surface area is 114 Å². The van der Waals surface area contributed by atoms with Crippen molar-refractivity contribution in [3.05, 3.63) is 60.2 Å². The van der Waals surface area contributed by atoms with Crippen LogP contribution in [0.25, 0.3) is 11.1 Å². The van der Waals surface area contributed by atoms with Gasteiger partial charge in [0.25, 0.3) is 0 Å². The average Bonchev–Trinajstić information content (AvgIpc) is 2.38. The van der Waals surface area contributed by atoms with Crippen LogP contribution in [0.1, 0.15) is 25.3 Å². The zero-order valence-electron chi connectivity index (χ0n) is 10.3. The molecule has 0 unspecified atom stereocenters. The Morgan fingerprint density at radius 2 is 1.44 bits per heavy atom. The second kappa shape index (κ2) is 8.67. The highest BCUT2D eigenvalue weighted by atomic mass is 28.1. The maximum absolute atomic E-state index is 2.25. The van der Waals surface area contributed by atoms with Crippen LogP contribution >= 0.6 is 0 Å². The molecule has 0 saturated heterocycles. The molecule has 0 aliphatic rings. The van der Waals surface area contributed by atoms with Gasteiger partial charge in [0.05, 0.1) is 0 Å². The molecule has 2 aromatic rings. The van der Waals surface area contributed by atoms with Gasteiger partial charge in [-0.2, -0.15) is 0 Å². The summed E-state index contributed by atoms with van der Waals surface area (Å²) in [7, 11) is 0. The van der Waals surface area contributed by atoms with Gasteiger partial charge in [-0.15, -0.1) is 0 Å². The highest BCUT2D eigenvalue weighted by molar-refractivity contribution is 5.75. The molecular formula is C16H24OSi. The fourth-order valence-electron chi connectivity index (χ4n) is 2.00. The van der Waals surface area contributed by atoms with Gasteiger partial charge >= 0.3 is 0 Å². The Balaban J connectivity index is 0.00000144. The Morgan fingerprint density at radius 3 is 2.11 bits per heavy atom. The molecule has 2 rings (SSSR count). The van der Waals surface area contributed by atoms with Gasteiger partial charge in [-0.05, 0) is 40.5 Å². The zero-order chi connectivity index (χ0) is 11.2. The molecular weight excluding hydrogens is 236 g/mol. The summed E-state index contributed by atoms with van der Waals surface area (Å²) in [5.41, 5.74) is 4.18. The highest BCUT2D eigenvalue weighted by Crippen LogP contribution is 2.24. The van der Waals surface area contributed by atoms with Crippen LogP contribution in [-0.2, 0) is 6.42 Å². The van der Waals surface area contributed by atoms with Crippen LogP contribution in [0.5, 0.6) is 0 Å². The zero-order valence-corrected chi connectivity index (χ0v) is 10.3. The summed E-state index contributed by atoms with van der Waals surface area (Å²) in [6, 6.07) is 19.4. The molecule has 18 heavy (non-hydrogen) atoms. The number of rotatable bonds is 4. The van der Waals surface area contributed by atoms with Crippen LogP contribution in [-0.4, -0.2) is 16.4 Å². The van der Waals surface area contributed by atoms with Crippen LogP contribution in [0.3, 0.4) is 0 Å². The molecule has 1 nitrogen and oxygen atoms in total. The average molecular weight is 260 g/mol. The lowest BCUT2D eigenvalue weighted by molar-refractivity contribution is 0.796. The standard InChI is InChI=1S/C16H18.H2O.H4Si/c1-2-3-9-14-12-7-8-13-16(14)15-10-5-4-6-11-15;;/h4-8,10-13H,2-3,9H2,1H3;1H2;1H4. The Hall–Kier alpha value is -1.38. The molecule has 0 bridgehead atoms. The van der Waals surface area contributed by atoms with Crippen LogP contribution in [0, 0.1) is 0 Å². The van der Waals surface area contributed by atoms with E-state index in [1.807, 2.05) is 0 Å². The monoisotopic (exact) mass is 260 g/mol. The molecule has 0 amide bonds. The van der Waals surface area contributed by atoms with E-state index in [1.54, 1.807) is 0 Å². The smallest absolute Gasteiger partial charge is 0.0149 e. The Bertz CT molecular complexity index is 440. The molecule has 2 heteroatoms. The van der Waals surface area contributed by atoms with E-state index >= 15 is 0 Å². The molecule has 0 saturated carbocycles. The topological polar surface area (TPSA) is 31.5 Å². The van der Waals surface area contributed by atoms with E-state index in [0.717, 1.165) is 0 Å². The predicted octanol–water partition coefficient (Wildman–Crippen LogP) is 2.42. The highest BCUT2D eigenvalue weighted by Gasteiger charge is 2.02. The third-order valence-electron chi connectivity index (χ3n) is 2.90. The molecule has 0 aliphatic heterocycles. The van der Waals surface area contributed by atoms with Gasteiger partial charge in [-0.1, -0.05) is 67.9 Å². The molecule has 0 fully saturated rings. The lowest BCUT2D eigenvalue weighted by Crippen LogP contribution is -1.89. The molecule has 2 aromatic carbocycles. The summed E-state index contributed by atoms with van der Waals surface area (Å²) < 4.78 is 0. The van der Waals surface area contributed by atoms with E-state index < -0.39 is 0 Å². The van der Waals surface area contributed by atoms with Gasteiger partial charge in [0.1, 0.15) is 0 Å². The summed E-state index contributed by atoms with van der Waals surface area (Å²) in [5, 5.41) is 0. The molecule has 98 valence electrons. The fourth-order valence-corrected chi connectivity index (χ4v) is 2.00. The van der Waals surface area contributed by atoms with Crippen molar-refractivity contribution in [3.8, 4) is 11.1 Å². The summed E-state index contributed by atoms with van der Waals surface area (Å²) in [5.74, 6) is 0. The van der Waals surface area contributed by atoms with Crippen molar-refractivity contribution in [1.82, 2.24) is 0 Å². The van der Waals surface area contributed by atoms with Crippen molar-refractivity contribution in [1.29, 1.82) is 0 Å². The van der Waals surface area contributed by atoms with Gasteiger partial charge in [0.15, 0.2) is 0 Å². The number of hydrogen-bond donors (Lipinski definition) is 0. The van der Waals surface area contributed by atoms with E-state index in [2.05, 4.69) is 61.5 Å². The first-order valence-corrected chi connectivity index (χ1v) is 6.05. The number of unbranched alkanes of at least 4 members (excludes halogenated alkanes) is 1. The maximum atomic E-state index is 2.25. The molecule has 0 spiro atoms. The molecule has 0 aromatic heterocycles. The summed E-state index contributed by atoms with van der Waals surface area (Å²) in [6.07, 6.45) is 3.70. The minimum atomic E-state index is 0. The number of benzene rings is 2. The van der Waals surface area contributed by atoms with Gasteiger partial charge < -0.3 is 5.48 Å². The van der Waals surface area contributed by atoms with E-state index in [0.29, 0.717) is 0 Å². The maximum Gasteiger partial charge on any atom is -0.0149 e. The van der Waals surface area contributed by atoms with Crippen LogP contribution in [0.2, 0.25) is 0 Å². The second-order valence-electron chi connectivity index (χ2n) is 4.13. The second-order valence-corrected chi connectivity index (χ2v) is 4.13. The quantitative estimate of drug-likeness (QED) is 0.756. The molecule has 2 N–H and O–H groups in total. The lowest BCUT2D eigenvalue weighted by atomic mass is 9.96. The molecule has 0 aliphatic carbocycles. The van der Waals surface area contributed by atoms with Gasteiger partial charge in [-0.3, -0.25) is 0 Å². The summed E-state index contributed by atoms with van der Waals surface area (Å²) in [4.78, 5) is 0. The van der Waals surface area contributed by atoms with Gasteiger partial charge in [0.2, 0.25) is 0 Å². The molecule has 0 radical (unpaired) electrons. The SMILES string of the molecule is CCCCc1ccccc1-c1ccccc1.O.[SiH4]. The van der Waals surface area contributed by atoms with Crippen molar-refractivity contribution in [2.75, 3.05) is 0 Å². The van der Waals surface area contributed by atoms with Gasteiger partial charge in [0, 0.05) is 0 Å².